The van der Waals surface area contributed by atoms with Gasteiger partial charge in [0, 0.05) is 19.0 Å². The molecular formula is C34H53NO5. The van der Waals surface area contributed by atoms with Gasteiger partial charge in [0.1, 0.15) is 11.5 Å². The van der Waals surface area contributed by atoms with Crippen LogP contribution < -0.4 is 10.1 Å². The Morgan fingerprint density at radius 1 is 0.800 bits per heavy atom. The molecule has 4 N–H and O–H groups in total. The number of hydrogen-bond acceptors (Lipinski definition) is 5. The minimum Gasteiger partial charge on any atom is -0.508 e. The average molecular weight is 556 g/mol. The first-order valence-corrected chi connectivity index (χ1v) is 15.5. The first-order valence-electron chi connectivity index (χ1n) is 15.5. The lowest BCUT2D eigenvalue weighted by atomic mass is 9.80. The molecule has 0 saturated carbocycles. The van der Waals surface area contributed by atoms with Crippen LogP contribution in [0.3, 0.4) is 0 Å². The monoisotopic (exact) mass is 555 g/mol. The molecule has 0 aliphatic rings. The topological polar surface area (TPSA) is 99.0 Å². The van der Waals surface area contributed by atoms with Crippen LogP contribution >= 0.6 is 0 Å². The molecule has 6 heteroatoms. The predicted molar refractivity (Wildman–Crippen MR) is 163 cm³/mol. The third-order valence-electron chi connectivity index (χ3n) is 7.67. The minimum absolute atomic E-state index is 0.0225. The minimum atomic E-state index is -0.133. The van der Waals surface area contributed by atoms with Crippen molar-refractivity contribution in [2.24, 2.45) is 0 Å². The first kappa shape index (κ1) is 33.3. The van der Waals surface area contributed by atoms with Crippen molar-refractivity contribution in [3.05, 3.63) is 47.5 Å². The van der Waals surface area contributed by atoms with Crippen LogP contribution in [-0.4, -0.2) is 34.4 Å². The van der Waals surface area contributed by atoms with Gasteiger partial charge in [0.15, 0.2) is 11.5 Å². The maximum Gasteiger partial charge on any atom is 0.220 e. The fourth-order valence-electron chi connectivity index (χ4n) is 4.99. The summed E-state index contributed by atoms with van der Waals surface area (Å²) in [7, 11) is 0. The van der Waals surface area contributed by atoms with E-state index in [-0.39, 0.29) is 28.6 Å². The summed E-state index contributed by atoms with van der Waals surface area (Å²) in [5.74, 6) is 0.847. The second-order valence-electron chi connectivity index (χ2n) is 11.8. The third kappa shape index (κ3) is 13.5. The van der Waals surface area contributed by atoms with Gasteiger partial charge in [-0.3, -0.25) is 4.79 Å². The van der Waals surface area contributed by atoms with Crippen molar-refractivity contribution in [1.82, 2.24) is 5.32 Å². The number of carbonyl (C=O) groups is 1. The van der Waals surface area contributed by atoms with E-state index >= 15 is 0 Å². The lowest BCUT2D eigenvalue weighted by molar-refractivity contribution is -0.121. The van der Waals surface area contributed by atoms with E-state index in [4.69, 9.17) is 4.74 Å². The zero-order chi connectivity index (χ0) is 29.2. The normalized spacial score (nSPS) is 11.5. The Morgan fingerprint density at radius 3 is 2.17 bits per heavy atom. The van der Waals surface area contributed by atoms with Gasteiger partial charge in [-0.25, -0.2) is 0 Å². The summed E-state index contributed by atoms with van der Waals surface area (Å²) in [4.78, 5) is 12.0. The highest BCUT2D eigenvalue weighted by molar-refractivity contribution is 5.75. The van der Waals surface area contributed by atoms with Crippen LogP contribution in [0.15, 0.2) is 36.4 Å². The molecule has 2 rings (SSSR count). The molecule has 0 radical (unpaired) electrons. The molecule has 224 valence electrons. The maximum atomic E-state index is 12.0. The number of phenols is 3. The summed E-state index contributed by atoms with van der Waals surface area (Å²) in [6.07, 6.45) is 16.1. The highest BCUT2D eigenvalue weighted by Gasteiger charge is 2.21. The smallest absolute Gasteiger partial charge is 0.220 e. The van der Waals surface area contributed by atoms with E-state index in [0.717, 1.165) is 55.4 Å². The Balaban J connectivity index is 1.48. The van der Waals surface area contributed by atoms with Gasteiger partial charge in [-0.15, -0.1) is 0 Å². The van der Waals surface area contributed by atoms with Gasteiger partial charge in [-0.1, -0.05) is 91.0 Å². The van der Waals surface area contributed by atoms with Crippen molar-refractivity contribution in [2.45, 2.75) is 122 Å². The number of hydrogen-bond donors (Lipinski definition) is 4. The highest BCUT2D eigenvalue weighted by Crippen LogP contribution is 2.34. The van der Waals surface area contributed by atoms with E-state index in [9.17, 15) is 20.1 Å². The number of unbranched alkanes of at least 4 members (excludes halogenated alkanes) is 10. The van der Waals surface area contributed by atoms with Crippen LogP contribution in [0.4, 0.5) is 0 Å². The van der Waals surface area contributed by atoms with Gasteiger partial charge >= 0.3 is 0 Å². The Kier molecular flexibility index (Phi) is 15.4. The van der Waals surface area contributed by atoms with E-state index < -0.39 is 0 Å². The number of carbonyl (C=O) groups excluding carboxylic acids is 1. The number of aromatic hydroxyl groups is 3. The molecule has 0 unspecified atom stereocenters. The zero-order valence-corrected chi connectivity index (χ0v) is 25.1. The lowest BCUT2D eigenvalue weighted by Crippen LogP contribution is -2.25. The molecular weight excluding hydrogens is 502 g/mol. The molecule has 40 heavy (non-hydrogen) atoms. The predicted octanol–water partition coefficient (Wildman–Crippen LogP) is 8.30. The van der Waals surface area contributed by atoms with Crippen molar-refractivity contribution in [3.63, 3.8) is 0 Å². The van der Waals surface area contributed by atoms with Gasteiger partial charge in [-0.05, 0) is 66.5 Å². The van der Waals surface area contributed by atoms with Crippen LogP contribution in [0, 0.1) is 0 Å². The number of benzene rings is 2. The molecule has 0 spiro atoms. The number of nitrogens with one attached hydrogen (secondary N) is 1. The quantitative estimate of drug-likeness (QED) is 0.0917. The van der Waals surface area contributed by atoms with Crippen LogP contribution in [0.25, 0.3) is 0 Å². The zero-order valence-electron chi connectivity index (χ0n) is 25.1. The largest absolute Gasteiger partial charge is 0.508 e. The number of phenolic OH excluding ortho intramolecular Hbond substituents is 3. The van der Waals surface area contributed by atoms with Crippen LogP contribution in [0.5, 0.6) is 23.0 Å². The second-order valence-corrected chi connectivity index (χ2v) is 11.8. The van der Waals surface area contributed by atoms with Gasteiger partial charge in [0.05, 0.1) is 6.61 Å². The first-order chi connectivity index (χ1) is 19.2. The molecule has 1 amide bonds. The van der Waals surface area contributed by atoms with E-state index in [1.54, 1.807) is 12.1 Å². The van der Waals surface area contributed by atoms with Crippen molar-refractivity contribution in [2.75, 3.05) is 13.2 Å². The van der Waals surface area contributed by atoms with Crippen molar-refractivity contribution >= 4 is 5.91 Å². The van der Waals surface area contributed by atoms with Crippen LogP contribution in [0.1, 0.15) is 122 Å². The summed E-state index contributed by atoms with van der Waals surface area (Å²) >= 11 is 0. The number of rotatable bonds is 21. The van der Waals surface area contributed by atoms with E-state index in [2.05, 4.69) is 32.2 Å². The standard InChI is InChI=1S/C34H53NO5/c1-4-5-6-14-20-34(2,3)28-24-29(36)26-30(25-28)40-22-15-12-10-8-7-9-11-13-16-33(39)35-21-19-27-17-18-31(37)32(38)23-27/h17-18,23-26,36-38H,4-16,19-22H2,1-3H3,(H,35,39). The van der Waals surface area contributed by atoms with Crippen LogP contribution in [0.2, 0.25) is 0 Å². The average Bonchev–Trinajstić information content (AvgIpc) is 2.91. The summed E-state index contributed by atoms with van der Waals surface area (Å²) in [6, 6.07) is 10.4. The summed E-state index contributed by atoms with van der Waals surface area (Å²) in [5, 5.41) is 32.0. The van der Waals surface area contributed by atoms with E-state index in [1.165, 1.54) is 57.1 Å². The molecule has 0 bridgehead atoms. The molecule has 2 aromatic carbocycles. The molecule has 0 aliphatic heterocycles. The Bertz CT molecular complexity index is 1000. The van der Waals surface area contributed by atoms with Crippen molar-refractivity contribution in [1.29, 1.82) is 0 Å². The lowest BCUT2D eigenvalue weighted by Gasteiger charge is -2.26. The number of ether oxygens (including phenoxy) is 1. The summed E-state index contributed by atoms with van der Waals surface area (Å²) < 4.78 is 5.99. The summed E-state index contributed by atoms with van der Waals surface area (Å²) in [5.41, 5.74) is 2.05. The number of amides is 1. The molecule has 0 saturated heterocycles. The molecule has 6 nitrogen and oxygen atoms in total. The molecule has 0 aliphatic carbocycles. The van der Waals surface area contributed by atoms with Crippen LogP contribution in [-0.2, 0) is 16.6 Å². The van der Waals surface area contributed by atoms with Gasteiger partial charge in [0.2, 0.25) is 5.91 Å². The second kappa shape index (κ2) is 18.5. The van der Waals surface area contributed by atoms with Gasteiger partial charge in [-0.2, -0.15) is 0 Å². The van der Waals surface area contributed by atoms with Crippen molar-refractivity contribution in [3.8, 4) is 23.0 Å². The Morgan fingerprint density at radius 2 is 1.48 bits per heavy atom. The van der Waals surface area contributed by atoms with Gasteiger partial charge < -0.3 is 25.4 Å². The van der Waals surface area contributed by atoms with E-state index in [0.29, 0.717) is 26.0 Å². The van der Waals surface area contributed by atoms with Crippen molar-refractivity contribution < 1.29 is 24.9 Å². The fraction of sp³-hybridized carbons (Fsp3) is 0.618. The third-order valence-corrected chi connectivity index (χ3v) is 7.67. The highest BCUT2D eigenvalue weighted by atomic mass is 16.5. The van der Waals surface area contributed by atoms with E-state index in [1.807, 2.05) is 6.07 Å². The Labute approximate surface area is 242 Å². The molecule has 2 aromatic rings. The fourth-order valence-corrected chi connectivity index (χ4v) is 4.99. The molecule has 0 heterocycles. The molecule has 0 atom stereocenters. The maximum absolute atomic E-state index is 12.0. The van der Waals surface area contributed by atoms with Gasteiger partial charge in [0.25, 0.3) is 0 Å². The molecule has 0 aromatic heterocycles. The molecule has 0 fully saturated rings. The Hall–Kier alpha value is -2.89. The summed E-state index contributed by atoms with van der Waals surface area (Å²) in [6.45, 7) is 7.93. The SMILES string of the molecule is CCCCCCC(C)(C)c1cc(O)cc(OCCCCCCCCCCC(=O)NCCc2ccc(O)c(O)c2)c1.